The predicted octanol–water partition coefficient (Wildman–Crippen LogP) is -2.72. The molecule has 1 rings (SSSR count). The molecule has 28 heavy (non-hydrogen) atoms. The molecule has 0 aromatic rings. The van der Waals surface area contributed by atoms with Gasteiger partial charge in [0.25, 0.3) is 0 Å². The van der Waals surface area contributed by atoms with Crippen LogP contribution >= 0.6 is 0 Å². The summed E-state index contributed by atoms with van der Waals surface area (Å²) in [5.74, 6) is -1.91. The third-order valence-corrected chi connectivity index (χ3v) is 4.52. The zero-order chi connectivity index (χ0) is 21.1. The molecule has 0 aliphatic carbocycles. The highest BCUT2D eigenvalue weighted by Crippen LogP contribution is 2.02. The van der Waals surface area contributed by atoms with Gasteiger partial charge in [-0.1, -0.05) is 0 Å². The van der Waals surface area contributed by atoms with Crippen molar-refractivity contribution >= 4 is 17.7 Å². The molecule has 1 aliphatic heterocycles. The smallest absolute Gasteiger partial charge is 0.317 e. The second-order valence-corrected chi connectivity index (χ2v) is 7.10. The fraction of sp³-hybridized carbons (Fsp3) is 0.824. The summed E-state index contributed by atoms with van der Waals surface area (Å²) in [6.45, 7) is 4.91. The van der Waals surface area contributed by atoms with Gasteiger partial charge >= 0.3 is 11.9 Å². The third-order valence-electron chi connectivity index (χ3n) is 4.52. The molecular weight excluding hydrogens is 372 g/mol. The number of aliphatic carboxylic acids is 2. The first-order valence-electron chi connectivity index (χ1n) is 9.34. The Bertz CT molecular complexity index is 486. The fourth-order valence-electron chi connectivity index (χ4n) is 3.16. The summed E-state index contributed by atoms with van der Waals surface area (Å²) < 4.78 is 0. The molecule has 0 amide bonds. The summed E-state index contributed by atoms with van der Waals surface area (Å²) >= 11 is 0. The van der Waals surface area contributed by atoms with Crippen molar-refractivity contribution in [2.45, 2.75) is 13.2 Å². The monoisotopic (exact) mass is 404 g/mol. The van der Waals surface area contributed by atoms with E-state index in [1.807, 2.05) is 4.90 Å². The van der Waals surface area contributed by atoms with E-state index in [-0.39, 0.29) is 32.0 Å². The highest BCUT2D eigenvalue weighted by atomic mass is 16.5. The van der Waals surface area contributed by atoms with E-state index in [1.54, 1.807) is 14.7 Å². The summed E-state index contributed by atoms with van der Waals surface area (Å²) in [6, 6.07) is 0. The molecule has 0 aromatic carbocycles. The number of Topliss-reactive ketones (excluding diaryl/α,β-unsaturated/α-hetero) is 1. The number of hydrogen-bond donors (Lipinski definition) is 4. The number of carboxylic acid groups (broad SMARTS) is 2. The van der Waals surface area contributed by atoms with Crippen molar-refractivity contribution < 1.29 is 34.8 Å². The van der Waals surface area contributed by atoms with Crippen LogP contribution in [0.5, 0.6) is 0 Å². The maximum absolute atomic E-state index is 11.5. The molecule has 0 radical (unpaired) electrons. The average molecular weight is 404 g/mol. The van der Waals surface area contributed by atoms with Crippen LogP contribution in [0.2, 0.25) is 0 Å². The topological polar surface area (TPSA) is 145 Å². The summed E-state index contributed by atoms with van der Waals surface area (Å²) in [5.41, 5.74) is 0. The van der Waals surface area contributed by atoms with E-state index in [2.05, 4.69) is 0 Å². The van der Waals surface area contributed by atoms with Crippen molar-refractivity contribution in [1.29, 1.82) is 0 Å². The van der Waals surface area contributed by atoms with Crippen LogP contribution in [-0.4, -0.2) is 143 Å². The van der Waals surface area contributed by atoms with Crippen LogP contribution in [0.4, 0.5) is 0 Å². The molecule has 0 aromatic heterocycles. The minimum atomic E-state index is -1.53. The zero-order valence-electron chi connectivity index (χ0n) is 16.4. The van der Waals surface area contributed by atoms with Crippen molar-refractivity contribution in [1.82, 2.24) is 19.6 Å². The normalized spacial score (nSPS) is 19.9. The van der Waals surface area contributed by atoms with Gasteiger partial charge in [-0.2, -0.15) is 0 Å². The van der Waals surface area contributed by atoms with E-state index in [0.29, 0.717) is 52.4 Å². The van der Waals surface area contributed by atoms with Crippen molar-refractivity contribution in [2.75, 3.05) is 78.5 Å². The highest BCUT2D eigenvalue weighted by Gasteiger charge is 2.20. The van der Waals surface area contributed by atoms with Gasteiger partial charge in [0, 0.05) is 58.9 Å². The van der Waals surface area contributed by atoms with E-state index in [1.165, 1.54) is 6.92 Å². The first-order valence-corrected chi connectivity index (χ1v) is 9.34. The van der Waals surface area contributed by atoms with Crippen LogP contribution < -0.4 is 0 Å². The molecule has 11 nitrogen and oxygen atoms in total. The van der Waals surface area contributed by atoms with Crippen molar-refractivity contribution in [2.24, 2.45) is 0 Å². The number of carboxylic acids is 2. The van der Waals surface area contributed by atoms with E-state index in [9.17, 15) is 24.6 Å². The Morgan fingerprint density at radius 2 is 1.00 bits per heavy atom. The van der Waals surface area contributed by atoms with E-state index in [4.69, 9.17) is 10.2 Å². The molecule has 1 saturated heterocycles. The van der Waals surface area contributed by atoms with Gasteiger partial charge in [-0.25, -0.2) is 0 Å². The number of aliphatic hydroxyl groups excluding tert-OH is 1. The lowest BCUT2D eigenvalue weighted by atomic mass is 10.3. The minimum Gasteiger partial charge on any atom is -0.480 e. The maximum Gasteiger partial charge on any atom is 0.317 e. The lowest BCUT2D eigenvalue weighted by Gasteiger charge is -2.33. The highest BCUT2D eigenvalue weighted by molar-refractivity contribution is 5.77. The number of carbonyl (C=O) groups excluding carboxylic acids is 1. The van der Waals surface area contributed by atoms with Gasteiger partial charge in [-0.05, 0) is 6.92 Å². The van der Waals surface area contributed by atoms with Gasteiger partial charge in [-0.3, -0.25) is 34.0 Å². The van der Waals surface area contributed by atoms with Gasteiger partial charge in [-0.15, -0.1) is 0 Å². The molecule has 0 unspecified atom stereocenters. The Morgan fingerprint density at radius 1 is 0.679 bits per heavy atom. The zero-order valence-corrected chi connectivity index (χ0v) is 16.4. The molecule has 0 spiro atoms. The Morgan fingerprint density at radius 3 is 1.29 bits per heavy atom. The summed E-state index contributed by atoms with van der Waals surface area (Å²) in [6.07, 6.45) is -1.53. The molecule has 4 N–H and O–H groups in total. The quantitative estimate of drug-likeness (QED) is 0.313. The fourth-order valence-corrected chi connectivity index (χ4v) is 3.16. The predicted molar refractivity (Wildman–Crippen MR) is 99.9 cm³/mol. The average Bonchev–Trinajstić information content (AvgIpc) is 2.55. The molecule has 11 heteroatoms. The molecule has 1 heterocycles. The van der Waals surface area contributed by atoms with E-state index >= 15 is 0 Å². The number of rotatable bonds is 8. The number of carbonyl (C=O) groups is 3. The first-order chi connectivity index (χ1) is 13.2. The molecular formula is C17H32N4O7. The number of aliphatic hydroxyl groups is 2. The van der Waals surface area contributed by atoms with Gasteiger partial charge in [0.15, 0.2) is 6.29 Å². The second kappa shape index (κ2) is 12.8. The second-order valence-electron chi connectivity index (χ2n) is 7.10. The lowest BCUT2D eigenvalue weighted by molar-refractivity contribution is -0.139. The largest absolute Gasteiger partial charge is 0.480 e. The van der Waals surface area contributed by atoms with Crippen LogP contribution in [0.3, 0.4) is 0 Å². The van der Waals surface area contributed by atoms with Gasteiger partial charge in [0.05, 0.1) is 19.6 Å². The molecule has 1 aliphatic rings. The Balaban J connectivity index is 2.89. The lowest BCUT2D eigenvalue weighted by Crippen LogP contribution is -2.49. The number of nitrogens with zero attached hydrogens (tertiary/aromatic N) is 4. The maximum atomic E-state index is 11.5. The van der Waals surface area contributed by atoms with Crippen molar-refractivity contribution in [3.63, 3.8) is 0 Å². The van der Waals surface area contributed by atoms with Gasteiger partial charge in [0.2, 0.25) is 0 Å². The summed E-state index contributed by atoms with van der Waals surface area (Å²) in [7, 11) is 0. The van der Waals surface area contributed by atoms with E-state index < -0.39 is 18.2 Å². The van der Waals surface area contributed by atoms with Crippen LogP contribution in [0.15, 0.2) is 0 Å². The number of hydrogen-bond acceptors (Lipinski definition) is 9. The molecule has 1 fully saturated rings. The summed E-state index contributed by atoms with van der Waals surface area (Å²) in [5, 5.41) is 36.8. The van der Waals surface area contributed by atoms with Crippen LogP contribution in [0, 0.1) is 0 Å². The van der Waals surface area contributed by atoms with Crippen molar-refractivity contribution in [3.05, 3.63) is 0 Å². The minimum absolute atomic E-state index is 0.00170. The van der Waals surface area contributed by atoms with Crippen LogP contribution in [-0.2, 0) is 14.4 Å². The third kappa shape index (κ3) is 11.3. The SMILES string of the molecule is CC(=O)CN1CCN(CC(=O)O)CCN(CC(O)O)CCN(CC(=O)O)CC1. The van der Waals surface area contributed by atoms with Gasteiger partial charge in [0.1, 0.15) is 5.78 Å². The molecule has 162 valence electrons. The number of ketones is 1. The Labute approximate surface area is 164 Å². The molecule has 0 atom stereocenters. The standard InChI is InChI=1S/C17H32N4O7/c1-14(22)10-18-2-4-19(11-15(23)24)6-8-21(13-17(27)28)9-7-20(5-3-18)12-16(25)26/h17,27-28H,2-13H2,1H3,(H,23,24)(H,25,26). The van der Waals surface area contributed by atoms with Gasteiger partial charge < -0.3 is 20.4 Å². The summed E-state index contributed by atoms with van der Waals surface area (Å²) in [4.78, 5) is 41.0. The van der Waals surface area contributed by atoms with E-state index in [0.717, 1.165) is 0 Å². The first kappa shape index (κ1) is 24.4. The van der Waals surface area contributed by atoms with Crippen LogP contribution in [0.25, 0.3) is 0 Å². The number of β-amino-alcohol motifs (C(OH)–C–C–N with tert-alkyl or cyclic N) is 2. The molecule has 0 saturated carbocycles. The Kier molecular flexibility index (Phi) is 11.1. The van der Waals surface area contributed by atoms with Crippen LogP contribution in [0.1, 0.15) is 6.92 Å². The Hall–Kier alpha value is -1.63. The van der Waals surface area contributed by atoms with Crippen molar-refractivity contribution in [3.8, 4) is 0 Å². The molecule has 0 bridgehead atoms.